The van der Waals surface area contributed by atoms with E-state index in [9.17, 15) is 4.79 Å². The van der Waals surface area contributed by atoms with E-state index in [1.165, 1.54) is 28.9 Å². The Morgan fingerprint density at radius 1 is 1.21 bits per heavy atom. The molecule has 7 nitrogen and oxygen atoms in total. The lowest BCUT2D eigenvalue weighted by Gasteiger charge is -2.20. The van der Waals surface area contributed by atoms with Crippen molar-refractivity contribution in [3.63, 3.8) is 0 Å². The number of aryl methyl sites for hydroxylation is 1. The maximum atomic E-state index is 11.5. The van der Waals surface area contributed by atoms with Gasteiger partial charge in [0.25, 0.3) is 0 Å². The van der Waals surface area contributed by atoms with Crippen LogP contribution in [-0.4, -0.2) is 51.2 Å². The smallest absolute Gasteiger partial charge is 0.225 e. The van der Waals surface area contributed by atoms with E-state index >= 15 is 0 Å². The number of carbonyl (C=O) groups is 1. The number of ketones is 1. The first kappa shape index (κ1) is 17.3. The zero-order valence-corrected chi connectivity index (χ0v) is 15.7. The molecule has 2 atom stereocenters. The number of anilines is 1. The molecule has 2 fully saturated rings. The molecule has 1 aliphatic carbocycles. The molecule has 1 aromatic carbocycles. The van der Waals surface area contributed by atoms with Crippen LogP contribution in [0.2, 0.25) is 0 Å². The SMILES string of the molecule is Cn1cc(CNC2C3CN(c4ncc(C(=O)CO)cn4)CC32)c2ccccc21. The maximum absolute atomic E-state index is 11.5. The van der Waals surface area contributed by atoms with E-state index in [0.717, 1.165) is 19.6 Å². The molecule has 1 saturated carbocycles. The van der Waals surface area contributed by atoms with Gasteiger partial charge in [0.2, 0.25) is 5.95 Å². The summed E-state index contributed by atoms with van der Waals surface area (Å²) in [4.78, 5) is 22.2. The number of aliphatic hydroxyl groups excluding tert-OH is 1. The fourth-order valence-corrected chi connectivity index (χ4v) is 4.51. The normalized spacial score (nSPS) is 23.2. The molecule has 1 saturated heterocycles. The van der Waals surface area contributed by atoms with Crippen LogP contribution in [0.15, 0.2) is 42.9 Å². The number of benzene rings is 1. The molecule has 7 heteroatoms. The van der Waals surface area contributed by atoms with E-state index in [0.29, 0.717) is 29.4 Å². The number of rotatable bonds is 6. The minimum atomic E-state index is -0.513. The molecule has 1 aliphatic heterocycles. The van der Waals surface area contributed by atoms with E-state index in [-0.39, 0.29) is 5.78 Å². The molecule has 3 aromatic rings. The van der Waals surface area contributed by atoms with Crippen molar-refractivity contribution >= 4 is 22.6 Å². The lowest BCUT2D eigenvalue weighted by atomic mass is 10.2. The second-order valence-corrected chi connectivity index (χ2v) is 7.77. The molecule has 0 spiro atoms. The molecule has 0 bridgehead atoms. The van der Waals surface area contributed by atoms with Gasteiger partial charge in [0.15, 0.2) is 5.78 Å². The summed E-state index contributed by atoms with van der Waals surface area (Å²) in [6.07, 6.45) is 5.22. The summed E-state index contributed by atoms with van der Waals surface area (Å²) in [7, 11) is 2.09. The molecular weight excluding hydrogens is 354 g/mol. The lowest BCUT2D eigenvalue weighted by molar-refractivity contribution is 0.0903. The van der Waals surface area contributed by atoms with Crippen molar-refractivity contribution in [2.75, 3.05) is 24.6 Å². The zero-order chi connectivity index (χ0) is 19.3. The Bertz CT molecular complexity index is 1020. The van der Waals surface area contributed by atoms with Gasteiger partial charge in [-0.15, -0.1) is 0 Å². The number of aliphatic hydroxyl groups is 1. The highest BCUT2D eigenvalue weighted by Gasteiger charge is 2.55. The molecule has 2 aliphatic rings. The molecule has 0 amide bonds. The average Bonchev–Trinajstić information content (AvgIpc) is 3.05. The van der Waals surface area contributed by atoms with Crippen molar-refractivity contribution in [2.24, 2.45) is 18.9 Å². The third-order valence-electron chi connectivity index (χ3n) is 6.09. The molecule has 28 heavy (non-hydrogen) atoms. The van der Waals surface area contributed by atoms with Crippen LogP contribution in [0.25, 0.3) is 10.9 Å². The Kier molecular flexibility index (Phi) is 4.14. The number of hydrogen-bond acceptors (Lipinski definition) is 6. The summed E-state index contributed by atoms with van der Waals surface area (Å²) in [5.74, 6) is 1.55. The number of nitrogens with zero attached hydrogens (tertiary/aromatic N) is 4. The molecule has 5 rings (SSSR count). The highest BCUT2D eigenvalue weighted by Crippen LogP contribution is 2.46. The van der Waals surface area contributed by atoms with Crippen LogP contribution in [0.1, 0.15) is 15.9 Å². The van der Waals surface area contributed by atoms with Gasteiger partial charge in [0, 0.05) is 62.2 Å². The number of piperidine rings is 1. The Hall–Kier alpha value is -2.77. The number of fused-ring (bicyclic) bond motifs is 2. The predicted octanol–water partition coefficient (Wildman–Crippen LogP) is 1.37. The van der Waals surface area contributed by atoms with Crippen LogP contribution in [0.5, 0.6) is 0 Å². The number of carbonyl (C=O) groups excluding carboxylic acids is 1. The minimum Gasteiger partial charge on any atom is -0.388 e. The largest absolute Gasteiger partial charge is 0.388 e. The molecule has 2 N–H and O–H groups in total. The Balaban J connectivity index is 1.18. The lowest BCUT2D eigenvalue weighted by Crippen LogP contribution is -2.32. The van der Waals surface area contributed by atoms with Crippen LogP contribution >= 0.6 is 0 Å². The van der Waals surface area contributed by atoms with Gasteiger partial charge in [0.1, 0.15) is 6.61 Å². The van der Waals surface area contributed by atoms with E-state index in [2.05, 4.69) is 62.3 Å². The highest BCUT2D eigenvalue weighted by atomic mass is 16.3. The van der Waals surface area contributed by atoms with Gasteiger partial charge >= 0.3 is 0 Å². The van der Waals surface area contributed by atoms with E-state index in [4.69, 9.17) is 5.11 Å². The number of nitrogens with one attached hydrogen (secondary N) is 1. The van der Waals surface area contributed by atoms with Crippen molar-refractivity contribution in [1.82, 2.24) is 19.9 Å². The third-order valence-corrected chi connectivity index (χ3v) is 6.09. The van der Waals surface area contributed by atoms with Crippen LogP contribution in [-0.2, 0) is 13.6 Å². The van der Waals surface area contributed by atoms with Gasteiger partial charge in [-0.3, -0.25) is 4.79 Å². The zero-order valence-electron chi connectivity index (χ0n) is 15.7. The summed E-state index contributed by atoms with van der Waals surface area (Å²) in [5, 5.41) is 14.0. The fraction of sp³-hybridized carbons (Fsp3) is 0.381. The van der Waals surface area contributed by atoms with Crippen LogP contribution in [0.4, 0.5) is 5.95 Å². The first-order valence-corrected chi connectivity index (χ1v) is 9.63. The quantitative estimate of drug-likeness (QED) is 0.632. The Labute approximate surface area is 163 Å². The van der Waals surface area contributed by atoms with Crippen molar-refractivity contribution in [1.29, 1.82) is 0 Å². The van der Waals surface area contributed by atoms with Gasteiger partial charge in [0.05, 0.1) is 5.56 Å². The second kappa shape index (κ2) is 6.68. The van der Waals surface area contributed by atoms with E-state index < -0.39 is 6.61 Å². The predicted molar refractivity (Wildman–Crippen MR) is 106 cm³/mol. The molecule has 2 aromatic heterocycles. The summed E-state index contributed by atoms with van der Waals surface area (Å²) < 4.78 is 2.18. The van der Waals surface area contributed by atoms with Crippen molar-refractivity contribution in [3.8, 4) is 0 Å². The number of Topliss-reactive ketones (excluding diaryl/α,β-unsaturated/α-hetero) is 1. The number of aromatic nitrogens is 3. The minimum absolute atomic E-state index is 0.352. The summed E-state index contributed by atoms with van der Waals surface area (Å²) in [5.41, 5.74) is 2.96. The summed E-state index contributed by atoms with van der Waals surface area (Å²) >= 11 is 0. The van der Waals surface area contributed by atoms with Gasteiger partial charge in [-0.1, -0.05) is 18.2 Å². The Morgan fingerprint density at radius 2 is 1.93 bits per heavy atom. The van der Waals surface area contributed by atoms with Crippen LogP contribution in [0, 0.1) is 11.8 Å². The van der Waals surface area contributed by atoms with E-state index in [1.807, 2.05) is 0 Å². The van der Waals surface area contributed by atoms with Gasteiger partial charge in [-0.25, -0.2) is 9.97 Å². The summed E-state index contributed by atoms with van der Waals surface area (Å²) in [6, 6.07) is 9.06. The van der Waals surface area contributed by atoms with Crippen molar-refractivity contribution in [3.05, 3.63) is 54.0 Å². The second-order valence-electron chi connectivity index (χ2n) is 7.77. The first-order chi connectivity index (χ1) is 13.7. The van der Waals surface area contributed by atoms with Crippen LogP contribution in [0.3, 0.4) is 0 Å². The average molecular weight is 377 g/mol. The van der Waals surface area contributed by atoms with Crippen molar-refractivity contribution < 1.29 is 9.90 Å². The summed E-state index contributed by atoms with van der Waals surface area (Å²) in [6.45, 7) is 2.24. The van der Waals surface area contributed by atoms with Gasteiger partial charge < -0.3 is 19.9 Å². The molecular formula is C21H23N5O2. The monoisotopic (exact) mass is 377 g/mol. The maximum Gasteiger partial charge on any atom is 0.225 e. The molecule has 3 heterocycles. The molecule has 144 valence electrons. The Morgan fingerprint density at radius 3 is 2.64 bits per heavy atom. The fourth-order valence-electron chi connectivity index (χ4n) is 4.51. The number of para-hydroxylation sites is 1. The molecule has 0 radical (unpaired) electrons. The van der Waals surface area contributed by atoms with E-state index in [1.54, 1.807) is 0 Å². The molecule has 2 unspecified atom stereocenters. The van der Waals surface area contributed by atoms with Crippen LogP contribution < -0.4 is 10.2 Å². The van der Waals surface area contributed by atoms with Gasteiger partial charge in [-0.05, 0) is 23.5 Å². The third kappa shape index (κ3) is 2.87. The highest BCUT2D eigenvalue weighted by molar-refractivity contribution is 5.96. The van der Waals surface area contributed by atoms with Gasteiger partial charge in [-0.2, -0.15) is 0 Å². The number of hydrogen-bond donors (Lipinski definition) is 2. The van der Waals surface area contributed by atoms with Crippen molar-refractivity contribution in [2.45, 2.75) is 12.6 Å². The first-order valence-electron chi connectivity index (χ1n) is 9.63. The topological polar surface area (TPSA) is 83.3 Å². The standard InChI is InChI=1S/C21H23N5O2/c1-25-9-14(15-4-2-3-5-18(15)25)8-22-20-16-10-26(11-17(16)20)21-23-6-13(7-24-21)19(28)12-27/h2-7,9,16-17,20,22,27H,8,10-12H2,1H3.